The van der Waals surface area contributed by atoms with Crippen molar-refractivity contribution >= 4 is 21.6 Å². The number of sulfone groups is 1. The van der Waals surface area contributed by atoms with Gasteiger partial charge in [-0.1, -0.05) is 0 Å². The van der Waals surface area contributed by atoms with Crippen molar-refractivity contribution < 1.29 is 17.9 Å². The molecule has 1 unspecified atom stereocenters. The van der Waals surface area contributed by atoms with Gasteiger partial charge in [0.15, 0.2) is 9.84 Å². The number of carbonyl (C=O) groups is 1. The Hall–Kier alpha value is -1.71. The molecule has 1 aromatic heterocycles. The number of amides is 1. The Morgan fingerprint density at radius 3 is 2.59 bits per heavy atom. The minimum Gasteiger partial charge on any atom is -0.379 e. The number of pyridine rings is 1. The van der Waals surface area contributed by atoms with Gasteiger partial charge in [0, 0.05) is 45.5 Å². The summed E-state index contributed by atoms with van der Waals surface area (Å²) in [7, 11) is -0.846. The zero-order valence-corrected chi connectivity index (χ0v) is 16.4. The van der Waals surface area contributed by atoms with E-state index in [-0.39, 0.29) is 36.0 Å². The third-order valence-electron chi connectivity index (χ3n) is 6.03. The third-order valence-corrected chi connectivity index (χ3v) is 7.64. The predicted molar refractivity (Wildman–Crippen MR) is 102 cm³/mol. The molecule has 3 fully saturated rings. The van der Waals surface area contributed by atoms with Crippen LogP contribution in [-0.2, 0) is 14.6 Å². The van der Waals surface area contributed by atoms with Gasteiger partial charge in [-0.15, -0.1) is 0 Å². The Morgan fingerprint density at radius 1 is 1.19 bits per heavy atom. The Balaban J connectivity index is 1.44. The molecule has 0 aromatic carbocycles. The van der Waals surface area contributed by atoms with E-state index >= 15 is 0 Å². The highest BCUT2D eigenvalue weighted by molar-refractivity contribution is 7.91. The first-order chi connectivity index (χ1) is 12.9. The minimum absolute atomic E-state index is 0.0374. The summed E-state index contributed by atoms with van der Waals surface area (Å²) in [6, 6.07) is 3.69. The van der Waals surface area contributed by atoms with Gasteiger partial charge in [-0.05, 0) is 25.6 Å². The number of hydrogen-bond acceptors (Lipinski definition) is 7. The largest absolute Gasteiger partial charge is 0.379 e. The summed E-state index contributed by atoms with van der Waals surface area (Å²) >= 11 is 0. The second-order valence-corrected chi connectivity index (χ2v) is 10.0. The van der Waals surface area contributed by atoms with E-state index in [1.54, 1.807) is 17.2 Å². The number of hydrogen-bond donors (Lipinski definition) is 0. The molecule has 1 spiro atoms. The van der Waals surface area contributed by atoms with Gasteiger partial charge in [0.05, 0.1) is 29.2 Å². The van der Waals surface area contributed by atoms with Crippen LogP contribution < -0.4 is 4.90 Å². The first-order valence-corrected chi connectivity index (χ1v) is 11.2. The van der Waals surface area contributed by atoms with E-state index in [2.05, 4.69) is 21.8 Å². The monoisotopic (exact) mass is 394 g/mol. The number of piperazine rings is 1. The van der Waals surface area contributed by atoms with E-state index in [1.165, 1.54) is 0 Å². The molecule has 4 heterocycles. The number of rotatable bonds is 2. The van der Waals surface area contributed by atoms with Gasteiger partial charge < -0.3 is 14.5 Å². The van der Waals surface area contributed by atoms with Crippen LogP contribution >= 0.6 is 0 Å². The highest BCUT2D eigenvalue weighted by atomic mass is 32.2. The van der Waals surface area contributed by atoms with Crippen molar-refractivity contribution in [2.45, 2.75) is 12.0 Å². The average Bonchev–Trinajstić information content (AvgIpc) is 3.13. The van der Waals surface area contributed by atoms with Crippen LogP contribution in [0, 0.1) is 0 Å². The predicted octanol–water partition coefficient (Wildman–Crippen LogP) is -0.137. The summed E-state index contributed by atoms with van der Waals surface area (Å²) in [5, 5.41) is 0. The molecule has 0 aliphatic carbocycles. The number of ether oxygens (including phenoxy) is 1. The van der Waals surface area contributed by atoms with Gasteiger partial charge in [0.2, 0.25) is 0 Å². The first kappa shape index (κ1) is 18.6. The van der Waals surface area contributed by atoms with Crippen LogP contribution in [0.5, 0.6) is 0 Å². The van der Waals surface area contributed by atoms with Gasteiger partial charge in [0.25, 0.3) is 5.91 Å². The summed E-state index contributed by atoms with van der Waals surface area (Å²) in [4.78, 5) is 23.4. The Kier molecular flexibility index (Phi) is 4.85. The molecule has 3 aliphatic heterocycles. The summed E-state index contributed by atoms with van der Waals surface area (Å²) in [5.74, 6) is 0.793. The molecule has 1 aromatic rings. The lowest BCUT2D eigenvalue weighted by Gasteiger charge is -2.47. The Bertz CT molecular complexity index is 791. The fourth-order valence-corrected chi connectivity index (χ4v) is 5.28. The molecule has 0 bridgehead atoms. The molecule has 148 valence electrons. The van der Waals surface area contributed by atoms with E-state index < -0.39 is 9.84 Å². The van der Waals surface area contributed by atoms with Crippen molar-refractivity contribution in [3.8, 4) is 0 Å². The van der Waals surface area contributed by atoms with E-state index in [4.69, 9.17) is 4.74 Å². The van der Waals surface area contributed by atoms with Crippen molar-refractivity contribution in [2.75, 3.05) is 69.4 Å². The Morgan fingerprint density at radius 2 is 1.96 bits per heavy atom. The van der Waals surface area contributed by atoms with Crippen molar-refractivity contribution in [1.82, 2.24) is 14.8 Å². The molecule has 1 amide bonds. The van der Waals surface area contributed by atoms with Crippen molar-refractivity contribution in [1.29, 1.82) is 0 Å². The minimum atomic E-state index is -3.00. The molecule has 1 atom stereocenters. The zero-order valence-electron chi connectivity index (χ0n) is 15.6. The molecule has 3 aliphatic rings. The van der Waals surface area contributed by atoms with Crippen LogP contribution in [0.4, 0.5) is 5.82 Å². The van der Waals surface area contributed by atoms with Gasteiger partial charge in [0.1, 0.15) is 5.82 Å². The normalized spacial score (nSPS) is 28.6. The van der Waals surface area contributed by atoms with Gasteiger partial charge in [-0.25, -0.2) is 13.4 Å². The number of nitrogens with zero attached hydrogens (tertiary/aromatic N) is 4. The maximum Gasteiger partial charge on any atom is 0.255 e. The molecular weight excluding hydrogens is 368 g/mol. The molecule has 0 radical (unpaired) electrons. The molecule has 27 heavy (non-hydrogen) atoms. The summed E-state index contributed by atoms with van der Waals surface area (Å²) < 4.78 is 28.7. The smallest absolute Gasteiger partial charge is 0.255 e. The SMILES string of the molecule is CN1CCN(c2ccc(C(=O)N3CCS(=O)(=O)CC3)cn2)CC12CCOC2. The topological polar surface area (TPSA) is 83.0 Å². The van der Waals surface area contributed by atoms with Crippen LogP contribution in [-0.4, -0.2) is 99.1 Å². The van der Waals surface area contributed by atoms with Crippen LogP contribution in [0.3, 0.4) is 0 Å². The maximum atomic E-state index is 12.6. The van der Waals surface area contributed by atoms with E-state index in [1.807, 2.05) is 6.07 Å². The van der Waals surface area contributed by atoms with Crippen LogP contribution in [0.2, 0.25) is 0 Å². The van der Waals surface area contributed by atoms with E-state index in [9.17, 15) is 13.2 Å². The lowest BCUT2D eigenvalue weighted by Crippen LogP contribution is -2.61. The van der Waals surface area contributed by atoms with Gasteiger partial charge >= 0.3 is 0 Å². The number of aromatic nitrogens is 1. The van der Waals surface area contributed by atoms with Crippen molar-refractivity contribution in [3.63, 3.8) is 0 Å². The lowest BCUT2D eigenvalue weighted by molar-refractivity contribution is 0.0768. The molecule has 0 N–H and O–H groups in total. The highest BCUT2D eigenvalue weighted by Gasteiger charge is 2.43. The van der Waals surface area contributed by atoms with Gasteiger partial charge in [-0.2, -0.15) is 0 Å². The third kappa shape index (κ3) is 3.68. The van der Waals surface area contributed by atoms with Crippen LogP contribution in [0.15, 0.2) is 18.3 Å². The molecule has 8 nitrogen and oxygen atoms in total. The molecular formula is C18H26N4O4S. The first-order valence-electron chi connectivity index (χ1n) is 9.38. The summed E-state index contributed by atoms with van der Waals surface area (Å²) in [6.45, 7) is 4.76. The highest BCUT2D eigenvalue weighted by Crippen LogP contribution is 2.31. The number of anilines is 1. The number of carbonyl (C=O) groups excluding carboxylic acids is 1. The van der Waals surface area contributed by atoms with Crippen LogP contribution in [0.25, 0.3) is 0 Å². The number of likely N-dealkylation sites (N-methyl/N-ethyl adjacent to an activating group) is 1. The molecule has 4 rings (SSSR count). The quantitative estimate of drug-likeness (QED) is 0.691. The van der Waals surface area contributed by atoms with Crippen LogP contribution in [0.1, 0.15) is 16.8 Å². The van der Waals surface area contributed by atoms with E-state index in [0.717, 1.165) is 45.1 Å². The molecule has 9 heteroatoms. The Labute approximate surface area is 160 Å². The van der Waals surface area contributed by atoms with Crippen molar-refractivity contribution in [2.24, 2.45) is 0 Å². The zero-order chi connectivity index (χ0) is 19.1. The standard InChI is InChI=1S/C18H26N4O4S/c1-20-5-6-22(13-18(20)4-9-26-14-18)16-3-2-15(12-19-16)17(23)21-7-10-27(24,25)11-8-21/h2-3,12H,4-11,13-14H2,1H3. The molecule has 0 saturated carbocycles. The second-order valence-electron chi connectivity index (χ2n) is 7.72. The fourth-order valence-electron chi connectivity index (χ4n) is 4.08. The summed E-state index contributed by atoms with van der Waals surface area (Å²) in [6.07, 6.45) is 2.63. The molecule has 3 saturated heterocycles. The summed E-state index contributed by atoms with van der Waals surface area (Å²) in [5.41, 5.74) is 0.555. The average molecular weight is 394 g/mol. The fraction of sp³-hybridized carbons (Fsp3) is 0.667. The lowest BCUT2D eigenvalue weighted by atomic mass is 9.93. The van der Waals surface area contributed by atoms with Gasteiger partial charge in [-0.3, -0.25) is 9.69 Å². The maximum absolute atomic E-state index is 12.6. The van der Waals surface area contributed by atoms with E-state index in [0.29, 0.717) is 5.56 Å². The van der Waals surface area contributed by atoms with Crippen molar-refractivity contribution in [3.05, 3.63) is 23.9 Å². The second kappa shape index (κ2) is 7.03.